The van der Waals surface area contributed by atoms with E-state index in [0.29, 0.717) is 0 Å². The van der Waals surface area contributed by atoms with E-state index < -0.39 is 0 Å². The Labute approximate surface area is 387 Å². The molecule has 4 heteroatoms. The number of thiophene rings is 1. The topological polar surface area (TPSA) is 19.0 Å². The Morgan fingerprint density at radius 1 is 0.385 bits per heavy atom. The number of benzene rings is 10. The Morgan fingerprint density at radius 2 is 0.892 bits per heavy atom. The van der Waals surface area contributed by atoms with E-state index in [1.54, 1.807) is 11.8 Å². The monoisotopic (exact) mass is 866 g/mol. The first-order valence-corrected chi connectivity index (χ1v) is 24.1. The van der Waals surface area contributed by atoms with Crippen LogP contribution in [0.1, 0.15) is 0 Å². The van der Waals surface area contributed by atoms with Crippen LogP contribution in [-0.4, -0.2) is 11.2 Å². The second kappa shape index (κ2) is 16.5. The summed E-state index contributed by atoms with van der Waals surface area (Å²) in [5.74, 6) is 0. The van der Waals surface area contributed by atoms with E-state index in [1.807, 2.05) is 11.3 Å². The van der Waals surface area contributed by atoms with Crippen LogP contribution in [0.15, 0.2) is 235 Å². The number of aromatic nitrogens is 1. The predicted molar refractivity (Wildman–Crippen MR) is 282 cm³/mol. The number of nitrogens with zero attached hydrogens (tertiary/aromatic N) is 1. The van der Waals surface area contributed by atoms with Gasteiger partial charge in [-0.1, -0.05) is 182 Å². The van der Waals surface area contributed by atoms with Crippen LogP contribution in [0.5, 0.6) is 0 Å². The molecule has 0 unspecified atom stereocenters. The number of hydrogen-bond acceptors (Lipinski definition) is 3. The molecule has 12 aromatic rings. The number of thioether (sulfide) groups is 1. The van der Waals surface area contributed by atoms with Gasteiger partial charge in [-0.25, -0.2) is 0 Å². The molecular weight excluding hydrogens is 825 g/mol. The maximum absolute atomic E-state index is 3.77. The molecule has 0 bridgehead atoms. The van der Waals surface area contributed by atoms with Crippen molar-refractivity contribution in [2.24, 2.45) is 0 Å². The van der Waals surface area contributed by atoms with Crippen molar-refractivity contribution >= 4 is 82.1 Å². The van der Waals surface area contributed by atoms with E-state index in [9.17, 15) is 0 Å². The highest BCUT2D eigenvalue weighted by Gasteiger charge is 2.18. The maximum Gasteiger partial charge on any atom is 0.0544 e. The van der Waals surface area contributed by atoms with Crippen molar-refractivity contribution in [2.45, 2.75) is 4.90 Å². The van der Waals surface area contributed by atoms with Crippen molar-refractivity contribution in [3.8, 4) is 55.6 Å². The van der Waals surface area contributed by atoms with Crippen molar-refractivity contribution in [3.63, 3.8) is 0 Å². The number of para-hydroxylation sites is 1. The smallest absolute Gasteiger partial charge is 0.0544 e. The molecule has 2 heterocycles. The van der Waals surface area contributed by atoms with Gasteiger partial charge >= 0.3 is 0 Å². The van der Waals surface area contributed by atoms with Gasteiger partial charge in [0.2, 0.25) is 0 Å². The van der Waals surface area contributed by atoms with Crippen molar-refractivity contribution in [1.29, 1.82) is 0 Å². The summed E-state index contributed by atoms with van der Waals surface area (Å²) < 4.78 is 2.65. The van der Waals surface area contributed by atoms with Gasteiger partial charge in [-0.2, -0.15) is 0 Å². The Balaban J connectivity index is 0.907. The zero-order valence-electron chi connectivity index (χ0n) is 35.7. The average molecular weight is 867 g/mol. The molecule has 1 N–H and O–H groups in total. The Hall–Kier alpha value is -7.63. The second-order valence-corrected chi connectivity index (χ2v) is 18.4. The van der Waals surface area contributed by atoms with E-state index in [1.165, 1.54) is 97.0 Å². The number of aromatic amines is 1. The molecule has 10 aromatic carbocycles. The van der Waals surface area contributed by atoms with E-state index in [2.05, 4.69) is 247 Å². The quantitative estimate of drug-likeness (QED) is 0.146. The maximum atomic E-state index is 3.77. The fraction of sp³-hybridized carbons (Fsp3) is 0.0164. The highest BCUT2D eigenvalue weighted by molar-refractivity contribution is 7.98. The summed E-state index contributed by atoms with van der Waals surface area (Å²) in [6.07, 6.45) is 2.18. The molecule has 2 aromatic heterocycles. The van der Waals surface area contributed by atoms with Crippen LogP contribution < -0.4 is 4.90 Å². The van der Waals surface area contributed by atoms with Crippen molar-refractivity contribution in [1.82, 2.24) is 4.98 Å². The van der Waals surface area contributed by atoms with Crippen LogP contribution in [0.4, 0.5) is 17.1 Å². The molecule has 0 atom stereocenters. The van der Waals surface area contributed by atoms with Gasteiger partial charge in [0.25, 0.3) is 0 Å². The molecule has 0 aliphatic carbocycles. The summed E-state index contributed by atoms with van der Waals surface area (Å²) >= 11 is 3.67. The number of fused-ring (bicyclic) bond motifs is 6. The normalized spacial score (nSPS) is 11.5. The van der Waals surface area contributed by atoms with Crippen LogP contribution in [0.3, 0.4) is 0 Å². The third kappa shape index (κ3) is 6.99. The number of anilines is 3. The van der Waals surface area contributed by atoms with E-state index in [0.717, 1.165) is 22.6 Å². The number of rotatable bonds is 9. The SMILES string of the molecule is CSc1cc(N(c2ccc(-c3ccccc3)cc2)c2ccc(-c3cccc4c3sc3ccccc34)cc2)ccc1-c1ccc(-c2cccc3[nH]c4c(-c5ccccc5)cccc4c23)cc1. The molecule has 65 heavy (non-hydrogen) atoms. The molecular formula is C61H42N2S2. The summed E-state index contributed by atoms with van der Waals surface area (Å²) in [5, 5.41) is 5.13. The summed E-state index contributed by atoms with van der Waals surface area (Å²) in [4.78, 5) is 7.38. The summed E-state index contributed by atoms with van der Waals surface area (Å²) in [6, 6.07) is 84.0. The van der Waals surface area contributed by atoms with Crippen LogP contribution >= 0.6 is 23.1 Å². The Morgan fingerprint density at radius 3 is 1.62 bits per heavy atom. The third-order valence-corrected chi connectivity index (χ3v) is 14.8. The van der Waals surface area contributed by atoms with Gasteiger partial charge in [0.15, 0.2) is 0 Å². The molecule has 0 fully saturated rings. The molecule has 0 saturated carbocycles. The fourth-order valence-corrected chi connectivity index (χ4v) is 11.5. The largest absolute Gasteiger partial charge is 0.354 e. The lowest BCUT2D eigenvalue weighted by atomic mass is 9.95. The third-order valence-electron chi connectivity index (χ3n) is 12.8. The zero-order chi connectivity index (χ0) is 43.3. The summed E-state index contributed by atoms with van der Waals surface area (Å²) in [5.41, 5.74) is 17.8. The van der Waals surface area contributed by atoms with E-state index in [4.69, 9.17) is 0 Å². The lowest BCUT2D eigenvalue weighted by molar-refractivity contribution is 1.26. The highest BCUT2D eigenvalue weighted by atomic mass is 32.2. The first-order chi connectivity index (χ1) is 32.2. The number of H-pyrrole nitrogens is 1. The molecule has 0 saturated heterocycles. The van der Waals surface area contributed by atoms with Crippen molar-refractivity contribution in [3.05, 3.63) is 231 Å². The lowest BCUT2D eigenvalue weighted by Gasteiger charge is -2.27. The van der Waals surface area contributed by atoms with Crippen LogP contribution in [0.2, 0.25) is 0 Å². The van der Waals surface area contributed by atoms with Gasteiger partial charge in [-0.15, -0.1) is 23.1 Å². The average Bonchev–Trinajstić information content (AvgIpc) is 3.97. The predicted octanol–water partition coefficient (Wildman–Crippen LogP) is 18.2. The molecule has 308 valence electrons. The number of hydrogen-bond donors (Lipinski definition) is 1. The number of nitrogens with one attached hydrogen (secondary N) is 1. The minimum absolute atomic E-state index is 1.11. The minimum atomic E-state index is 1.11. The van der Waals surface area contributed by atoms with Gasteiger partial charge < -0.3 is 9.88 Å². The van der Waals surface area contributed by atoms with Gasteiger partial charge in [-0.3, -0.25) is 0 Å². The van der Waals surface area contributed by atoms with Gasteiger partial charge in [0.05, 0.1) is 5.52 Å². The molecule has 0 radical (unpaired) electrons. The molecule has 0 aliphatic heterocycles. The summed E-state index contributed by atoms with van der Waals surface area (Å²) in [7, 11) is 0. The van der Waals surface area contributed by atoms with Crippen LogP contribution in [-0.2, 0) is 0 Å². The van der Waals surface area contributed by atoms with Gasteiger partial charge in [0, 0.05) is 64.0 Å². The first kappa shape index (κ1) is 39.0. The summed E-state index contributed by atoms with van der Waals surface area (Å²) in [6.45, 7) is 0. The molecule has 12 rings (SSSR count). The van der Waals surface area contributed by atoms with Crippen LogP contribution in [0.25, 0.3) is 97.6 Å². The standard InChI is InChI=1S/C61H42N2S2/c1-64-58-39-48(37-38-49(58)43-25-27-44(28-26-43)50-18-12-23-56-59(50)55-22-10-19-51(60(55)62-56)42-15-6-3-7-16-42)63(46-33-29-41(30-34-46)40-13-4-2-5-14-40)47-35-31-45(32-36-47)52-20-11-21-54-53-17-8-9-24-57(53)65-61(52)54/h2-39,62H,1H3. The van der Waals surface area contributed by atoms with E-state index >= 15 is 0 Å². The second-order valence-electron chi connectivity index (χ2n) is 16.5. The van der Waals surface area contributed by atoms with Crippen LogP contribution in [0, 0.1) is 0 Å². The molecule has 0 aliphatic rings. The Kier molecular flexibility index (Phi) is 9.89. The highest BCUT2D eigenvalue weighted by Crippen LogP contribution is 2.44. The molecule has 0 spiro atoms. The lowest BCUT2D eigenvalue weighted by Crippen LogP contribution is -2.10. The Bertz CT molecular complexity index is 3660. The van der Waals surface area contributed by atoms with Gasteiger partial charge in [-0.05, 0) is 105 Å². The van der Waals surface area contributed by atoms with Gasteiger partial charge in [0.1, 0.15) is 0 Å². The van der Waals surface area contributed by atoms with Crippen molar-refractivity contribution in [2.75, 3.05) is 11.2 Å². The molecule has 2 nitrogen and oxygen atoms in total. The minimum Gasteiger partial charge on any atom is -0.354 e. The zero-order valence-corrected chi connectivity index (χ0v) is 37.3. The molecule has 0 amide bonds. The first-order valence-electron chi connectivity index (χ1n) is 22.0. The van der Waals surface area contributed by atoms with E-state index in [-0.39, 0.29) is 0 Å². The fourth-order valence-electron chi connectivity index (χ4n) is 9.61. The van der Waals surface area contributed by atoms with Crippen molar-refractivity contribution < 1.29 is 0 Å².